The monoisotopic (exact) mass is 381 g/mol. The lowest BCUT2D eigenvalue weighted by molar-refractivity contribution is -0.109. The number of furan rings is 1. The molecule has 7 heteroatoms. The molecule has 1 fully saturated rings. The first kappa shape index (κ1) is 18.5. The minimum absolute atomic E-state index is 0.233. The summed E-state index contributed by atoms with van der Waals surface area (Å²) in [6.07, 6.45) is 1.81. The molecule has 4 rings (SSSR count). The molecule has 146 valence electrons. The van der Waals surface area contributed by atoms with E-state index in [1.54, 1.807) is 18.2 Å². The highest BCUT2D eigenvalue weighted by molar-refractivity contribution is 5.95. The number of aromatic amines is 1. The van der Waals surface area contributed by atoms with Crippen molar-refractivity contribution < 1.29 is 19.1 Å². The van der Waals surface area contributed by atoms with Gasteiger partial charge in [0.1, 0.15) is 17.1 Å². The van der Waals surface area contributed by atoms with E-state index in [0.717, 1.165) is 23.6 Å². The predicted molar refractivity (Wildman–Crippen MR) is 103 cm³/mol. The third-order valence-electron chi connectivity index (χ3n) is 5.18. The Morgan fingerprint density at radius 1 is 1.32 bits per heavy atom. The van der Waals surface area contributed by atoms with Crippen molar-refractivity contribution in [1.29, 1.82) is 0 Å². The number of ether oxygens (including phenoxy) is 1. The van der Waals surface area contributed by atoms with Gasteiger partial charge in [-0.15, -0.1) is 0 Å². The summed E-state index contributed by atoms with van der Waals surface area (Å²) < 4.78 is 12.0. The van der Waals surface area contributed by atoms with E-state index in [1.165, 1.54) is 0 Å². The van der Waals surface area contributed by atoms with E-state index in [-0.39, 0.29) is 5.56 Å². The number of benzene rings is 1. The topological polar surface area (TPSA) is 91.6 Å². The molecule has 1 atom stereocenters. The molecule has 1 aromatic carbocycles. The van der Waals surface area contributed by atoms with E-state index in [4.69, 9.17) is 9.15 Å². The lowest BCUT2D eigenvalue weighted by Gasteiger charge is -2.39. The number of carbonyl (C=O) groups is 1. The fourth-order valence-electron chi connectivity index (χ4n) is 3.83. The maximum Gasteiger partial charge on any atom is 0.336 e. The zero-order chi connectivity index (χ0) is 19.7. The Morgan fingerprint density at radius 2 is 2.14 bits per heavy atom. The molecule has 0 aliphatic carbocycles. The Morgan fingerprint density at radius 3 is 2.89 bits per heavy atom. The quantitative estimate of drug-likeness (QED) is 0.704. The Hall–Kier alpha value is -2.90. The summed E-state index contributed by atoms with van der Waals surface area (Å²) in [5, 5.41) is 16.6. The number of aryl methyl sites for hydroxylation is 1. The summed E-state index contributed by atoms with van der Waals surface area (Å²) in [5.74, 6) is 0.390. The highest BCUT2D eigenvalue weighted by Gasteiger charge is 2.36. The van der Waals surface area contributed by atoms with Gasteiger partial charge in [0.2, 0.25) is 0 Å². The lowest BCUT2D eigenvalue weighted by Crippen LogP contribution is -2.48. The molecule has 28 heavy (non-hydrogen) atoms. The van der Waals surface area contributed by atoms with Gasteiger partial charge in [0.25, 0.3) is 0 Å². The normalized spacial score (nSPS) is 20.4. The molecule has 0 spiro atoms. The minimum Gasteiger partial charge on any atom is -0.478 e. The fraction of sp³-hybridized carbons (Fsp3) is 0.333. The van der Waals surface area contributed by atoms with Crippen molar-refractivity contribution in [3.63, 3.8) is 0 Å². The number of hydrogen-bond acceptors (Lipinski definition) is 5. The number of nitrogens with zero attached hydrogens (tertiary/aromatic N) is 2. The first-order valence-corrected chi connectivity index (χ1v) is 9.24. The van der Waals surface area contributed by atoms with Crippen LogP contribution in [0, 0.1) is 6.92 Å². The molecule has 3 heterocycles. The Bertz CT molecular complexity index is 993. The smallest absolute Gasteiger partial charge is 0.336 e. The highest BCUT2D eigenvalue weighted by Crippen LogP contribution is 2.31. The molecule has 7 nitrogen and oxygen atoms in total. The minimum atomic E-state index is -0.965. The zero-order valence-corrected chi connectivity index (χ0v) is 15.9. The summed E-state index contributed by atoms with van der Waals surface area (Å²) >= 11 is 0. The van der Waals surface area contributed by atoms with Gasteiger partial charge in [-0.3, -0.25) is 10.00 Å². The number of rotatable bonds is 5. The molecule has 2 aromatic heterocycles. The standard InChI is InChI=1S/C21H23N3O4/c1-14-11-22-23-19(14)21(2)13-24(9-10-27-21)12-15-7-8-18(28-15)16-5-3-4-6-17(16)20(25)26/h3-8,11H,9-10,12-13H2,1-2H3,(H,22,23)(H,25,26)/t21-/m1/s1. The van der Waals surface area contributed by atoms with Gasteiger partial charge >= 0.3 is 5.97 Å². The van der Waals surface area contributed by atoms with E-state index >= 15 is 0 Å². The fourth-order valence-corrected chi connectivity index (χ4v) is 3.83. The van der Waals surface area contributed by atoms with Crippen LogP contribution in [0.15, 0.2) is 47.0 Å². The maximum absolute atomic E-state index is 11.5. The zero-order valence-electron chi connectivity index (χ0n) is 15.9. The van der Waals surface area contributed by atoms with E-state index < -0.39 is 11.6 Å². The molecule has 3 aromatic rings. The van der Waals surface area contributed by atoms with Gasteiger partial charge in [0.05, 0.1) is 30.6 Å². The molecule has 1 saturated heterocycles. The van der Waals surface area contributed by atoms with Crippen molar-refractivity contribution in [3.05, 3.63) is 65.2 Å². The SMILES string of the molecule is Cc1cn[nH]c1[C@@]1(C)CN(Cc2ccc(-c3ccccc3C(=O)O)o2)CCO1. The number of nitrogens with one attached hydrogen (secondary N) is 1. The van der Waals surface area contributed by atoms with E-state index in [9.17, 15) is 9.90 Å². The van der Waals surface area contributed by atoms with Gasteiger partial charge < -0.3 is 14.3 Å². The van der Waals surface area contributed by atoms with Gasteiger partial charge in [0, 0.05) is 18.7 Å². The third kappa shape index (κ3) is 3.46. The molecule has 2 N–H and O–H groups in total. The molecule has 1 aliphatic rings. The number of aromatic carboxylic acids is 1. The van der Waals surface area contributed by atoms with Crippen LogP contribution in [-0.2, 0) is 16.9 Å². The molecule has 0 unspecified atom stereocenters. The van der Waals surface area contributed by atoms with E-state index in [2.05, 4.69) is 22.0 Å². The van der Waals surface area contributed by atoms with Crippen LogP contribution in [0.3, 0.4) is 0 Å². The first-order chi connectivity index (χ1) is 13.5. The first-order valence-electron chi connectivity index (χ1n) is 9.24. The number of carboxylic acids is 1. The van der Waals surface area contributed by atoms with Crippen molar-refractivity contribution in [2.45, 2.75) is 26.0 Å². The van der Waals surface area contributed by atoms with Crippen molar-refractivity contribution >= 4 is 5.97 Å². The summed E-state index contributed by atoms with van der Waals surface area (Å²) in [6, 6.07) is 10.6. The van der Waals surface area contributed by atoms with Gasteiger partial charge in [-0.1, -0.05) is 18.2 Å². The van der Waals surface area contributed by atoms with Crippen LogP contribution < -0.4 is 0 Å². The number of aromatic nitrogens is 2. The van der Waals surface area contributed by atoms with Gasteiger partial charge in [-0.05, 0) is 37.6 Å². The highest BCUT2D eigenvalue weighted by atomic mass is 16.5. The van der Waals surface area contributed by atoms with E-state index in [1.807, 2.05) is 31.3 Å². The second-order valence-electron chi connectivity index (χ2n) is 7.33. The number of H-pyrrole nitrogens is 1. The summed E-state index contributed by atoms with van der Waals surface area (Å²) in [6.45, 7) is 6.83. The molecular formula is C21H23N3O4. The van der Waals surface area contributed by atoms with Crippen LogP contribution in [0.5, 0.6) is 0 Å². The summed E-state index contributed by atoms with van der Waals surface area (Å²) in [5.41, 5.74) is 2.44. The number of carboxylic acid groups (broad SMARTS) is 1. The molecule has 0 saturated carbocycles. The number of morpholine rings is 1. The van der Waals surface area contributed by atoms with Gasteiger partial charge in [-0.2, -0.15) is 5.10 Å². The van der Waals surface area contributed by atoms with Crippen LogP contribution in [0.25, 0.3) is 11.3 Å². The van der Waals surface area contributed by atoms with Crippen molar-refractivity contribution in [2.24, 2.45) is 0 Å². The van der Waals surface area contributed by atoms with Crippen LogP contribution in [-0.4, -0.2) is 45.9 Å². The summed E-state index contributed by atoms with van der Waals surface area (Å²) in [4.78, 5) is 13.7. The van der Waals surface area contributed by atoms with Crippen LogP contribution in [0.4, 0.5) is 0 Å². The molecule has 0 bridgehead atoms. The Kier molecular flexibility index (Phi) is 4.78. The average Bonchev–Trinajstić information content (AvgIpc) is 3.31. The van der Waals surface area contributed by atoms with Gasteiger partial charge in [-0.25, -0.2) is 4.79 Å². The largest absolute Gasteiger partial charge is 0.478 e. The average molecular weight is 381 g/mol. The van der Waals surface area contributed by atoms with Crippen molar-refractivity contribution in [2.75, 3.05) is 19.7 Å². The Labute approximate surface area is 162 Å². The van der Waals surface area contributed by atoms with Gasteiger partial charge in [0.15, 0.2) is 0 Å². The van der Waals surface area contributed by atoms with Crippen LogP contribution >= 0.6 is 0 Å². The number of hydrogen-bond donors (Lipinski definition) is 2. The maximum atomic E-state index is 11.5. The molecule has 0 amide bonds. The Balaban J connectivity index is 1.52. The lowest BCUT2D eigenvalue weighted by atomic mass is 9.97. The van der Waals surface area contributed by atoms with Crippen molar-refractivity contribution in [1.82, 2.24) is 15.1 Å². The molecular weight excluding hydrogens is 358 g/mol. The molecule has 0 radical (unpaired) electrons. The van der Waals surface area contributed by atoms with E-state index in [0.29, 0.717) is 31.0 Å². The summed E-state index contributed by atoms with van der Waals surface area (Å²) in [7, 11) is 0. The predicted octanol–water partition coefficient (Wildman–Crippen LogP) is 3.42. The van der Waals surface area contributed by atoms with Crippen LogP contribution in [0.1, 0.15) is 34.3 Å². The van der Waals surface area contributed by atoms with Crippen LogP contribution in [0.2, 0.25) is 0 Å². The second-order valence-corrected chi connectivity index (χ2v) is 7.33. The molecule has 1 aliphatic heterocycles. The van der Waals surface area contributed by atoms with Crippen molar-refractivity contribution in [3.8, 4) is 11.3 Å². The third-order valence-corrected chi connectivity index (χ3v) is 5.18. The second kappa shape index (κ2) is 7.26.